The van der Waals surface area contributed by atoms with E-state index in [4.69, 9.17) is 4.74 Å². The first-order valence-electron chi connectivity index (χ1n) is 7.72. The number of benzene rings is 2. The summed E-state index contributed by atoms with van der Waals surface area (Å²) in [7, 11) is 0. The van der Waals surface area contributed by atoms with Crippen LogP contribution in [0, 0.1) is 18.6 Å². The summed E-state index contributed by atoms with van der Waals surface area (Å²) >= 11 is 0.913. The zero-order chi connectivity index (χ0) is 20.5. The van der Waals surface area contributed by atoms with E-state index in [0.717, 1.165) is 41.7 Å². The Hall–Kier alpha value is -3.01. The quantitative estimate of drug-likeness (QED) is 0.550. The van der Waals surface area contributed by atoms with Crippen LogP contribution in [0.5, 0.6) is 11.6 Å². The second kappa shape index (κ2) is 7.55. The Morgan fingerprint density at radius 2 is 1.89 bits per heavy atom. The number of hydrogen-bond donors (Lipinski definition) is 1. The van der Waals surface area contributed by atoms with Gasteiger partial charge >= 0.3 is 6.18 Å². The molecule has 0 aliphatic rings. The van der Waals surface area contributed by atoms with Gasteiger partial charge in [-0.3, -0.25) is 4.79 Å². The average Bonchev–Trinajstić information content (AvgIpc) is 2.97. The van der Waals surface area contributed by atoms with Gasteiger partial charge in [-0.25, -0.2) is 13.8 Å². The van der Waals surface area contributed by atoms with Gasteiger partial charge in [-0.2, -0.15) is 13.2 Å². The van der Waals surface area contributed by atoms with Gasteiger partial charge in [0.2, 0.25) is 5.88 Å². The minimum atomic E-state index is -4.56. The molecule has 0 spiro atoms. The van der Waals surface area contributed by atoms with E-state index in [1.165, 1.54) is 6.07 Å². The van der Waals surface area contributed by atoms with Crippen LogP contribution in [0.2, 0.25) is 0 Å². The monoisotopic (exact) mass is 414 g/mol. The Morgan fingerprint density at radius 3 is 2.57 bits per heavy atom. The number of rotatable bonds is 4. The van der Waals surface area contributed by atoms with E-state index >= 15 is 0 Å². The van der Waals surface area contributed by atoms with Gasteiger partial charge in [-0.15, -0.1) is 11.3 Å². The Morgan fingerprint density at radius 1 is 1.14 bits per heavy atom. The number of hydrogen-bond acceptors (Lipinski definition) is 4. The van der Waals surface area contributed by atoms with E-state index in [1.54, 1.807) is 6.92 Å². The number of nitrogens with one attached hydrogen (secondary N) is 1. The lowest BCUT2D eigenvalue weighted by atomic mass is 10.2. The first kappa shape index (κ1) is 19.7. The van der Waals surface area contributed by atoms with Crippen molar-refractivity contribution in [2.75, 3.05) is 5.32 Å². The van der Waals surface area contributed by atoms with Gasteiger partial charge in [0.15, 0.2) is 4.88 Å². The highest BCUT2D eigenvalue weighted by Crippen LogP contribution is 2.34. The first-order chi connectivity index (χ1) is 13.1. The van der Waals surface area contributed by atoms with Crippen molar-refractivity contribution in [3.63, 3.8) is 0 Å². The van der Waals surface area contributed by atoms with Gasteiger partial charge in [0.25, 0.3) is 5.91 Å². The fourth-order valence-electron chi connectivity index (χ4n) is 2.24. The molecule has 0 saturated heterocycles. The van der Waals surface area contributed by atoms with E-state index in [1.807, 2.05) is 0 Å². The van der Waals surface area contributed by atoms with Crippen molar-refractivity contribution in [2.24, 2.45) is 0 Å². The standard InChI is InChI=1S/C18H11F5N2O2S/c1-9-24-17(27-12-4-2-3-10(7-12)18(21,22)23)15(28-9)16(26)25-14-6-5-11(19)8-13(14)20/h2-8H,1H3,(H,25,26). The lowest BCUT2D eigenvalue weighted by molar-refractivity contribution is -0.137. The molecule has 0 atom stereocenters. The molecule has 0 aliphatic heterocycles. The smallest absolute Gasteiger partial charge is 0.416 e. The molecule has 1 amide bonds. The summed E-state index contributed by atoms with van der Waals surface area (Å²) in [5, 5.41) is 2.67. The van der Waals surface area contributed by atoms with Crippen LogP contribution in [0.1, 0.15) is 20.2 Å². The van der Waals surface area contributed by atoms with E-state index in [-0.39, 0.29) is 22.2 Å². The maximum atomic E-state index is 13.7. The van der Waals surface area contributed by atoms with Crippen LogP contribution in [0.15, 0.2) is 42.5 Å². The molecule has 0 unspecified atom stereocenters. The van der Waals surface area contributed by atoms with Gasteiger partial charge in [0.05, 0.1) is 16.3 Å². The summed E-state index contributed by atoms with van der Waals surface area (Å²) in [6.07, 6.45) is -4.56. The minimum Gasteiger partial charge on any atom is -0.437 e. The van der Waals surface area contributed by atoms with Gasteiger partial charge in [0, 0.05) is 6.07 Å². The maximum Gasteiger partial charge on any atom is 0.416 e. The normalized spacial score (nSPS) is 11.4. The van der Waals surface area contributed by atoms with Gasteiger partial charge in [-0.1, -0.05) is 6.07 Å². The average molecular weight is 414 g/mol. The van der Waals surface area contributed by atoms with Crippen LogP contribution in [0.3, 0.4) is 0 Å². The van der Waals surface area contributed by atoms with Gasteiger partial charge < -0.3 is 10.1 Å². The summed E-state index contributed by atoms with van der Waals surface area (Å²) in [5.74, 6) is -2.96. The van der Waals surface area contributed by atoms with Crippen LogP contribution in [0.4, 0.5) is 27.6 Å². The molecule has 0 bridgehead atoms. The molecule has 3 aromatic rings. The molecular weight excluding hydrogens is 403 g/mol. The summed E-state index contributed by atoms with van der Waals surface area (Å²) in [6.45, 7) is 1.57. The minimum absolute atomic E-state index is 0.0707. The number of ether oxygens (including phenoxy) is 1. The van der Waals surface area contributed by atoms with Crippen LogP contribution in [0.25, 0.3) is 0 Å². The van der Waals surface area contributed by atoms with Crippen LogP contribution < -0.4 is 10.1 Å². The lowest BCUT2D eigenvalue weighted by Gasteiger charge is -2.10. The van der Waals surface area contributed by atoms with E-state index < -0.39 is 29.3 Å². The highest BCUT2D eigenvalue weighted by atomic mass is 32.1. The second-order valence-electron chi connectivity index (χ2n) is 5.57. The van der Waals surface area contributed by atoms with Crippen LogP contribution >= 0.6 is 11.3 Å². The van der Waals surface area contributed by atoms with Crippen LogP contribution in [-0.4, -0.2) is 10.9 Å². The summed E-state index contributed by atoms with van der Waals surface area (Å²) in [6, 6.07) is 6.71. The Balaban J connectivity index is 1.86. The number of amides is 1. The van der Waals surface area contributed by atoms with Gasteiger partial charge in [0.1, 0.15) is 17.4 Å². The van der Waals surface area contributed by atoms with Crippen molar-refractivity contribution in [2.45, 2.75) is 13.1 Å². The third-order valence-electron chi connectivity index (χ3n) is 3.46. The topological polar surface area (TPSA) is 51.2 Å². The SMILES string of the molecule is Cc1nc(Oc2cccc(C(F)(F)F)c2)c(C(=O)Nc2ccc(F)cc2F)s1. The summed E-state index contributed by atoms with van der Waals surface area (Å²) in [4.78, 5) is 16.4. The fraction of sp³-hybridized carbons (Fsp3) is 0.111. The van der Waals surface area contributed by atoms with Crippen molar-refractivity contribution in [1.29, 1.82) is 0 Å². The van der Waals surface area contributed by atoms with E-state index in [2.05, 4.69) is 10.3 Å². The molecule has 1 heterocycles. The zero-order valence-electron chi connectivity index (χ0n) is 14.1. The highest BCUT2D eigenvalue weighted by Gasteiger charge is 2.31. The zero-order valence-corrected chi connectivity index (χ0v) is 14.9. The number of halogens is 5. The number of aromatic nitrogens is 1. The number of carbonyl (C=O) groups is 1. The van der Waals surface area contributed by atoms with Crippen molar-refractivity contribution in [3.8, 4) is 11.6 Å². The molecule has 0 aliphatic carbocycles. The molecule has 146 valence electrons. The van der Waals surface area contributed by atoms with Crippen molar-refractivity contribution < 1.29 is 31.5 Å². The molecule has 10 heteroatoms. The number of carbonyl (C=O) groups excluding carboxylic acids is 1. The van der Waals surface area contributed by atoms with Gasteiger partial charge in [-0.05, 0) is 37.3 Å². The number of aryl methyl sites for hydroxylation is 1. The molecule has 1 N–H and O–H groups in total. The van der Waals surface area contributed by atoms with Crippen molar-refractivity contribution in [3.05, 3.63) is 69.5 Å². The molecule has 2 aromatic carbocycles. The highest BCUT2D eigenvalue weighted by molar-refractivity contribution is 7.14. The molecule has 1 aromatic heterocycles. The van der Waals surface area contributed by atoms with Crippen molar-refractivity contribution >= 4 is 22.9 Å². The number of thiazole rings is 1. The van der Waals surface area contributed by atoms with E-state index in [0.29, 0.717) is 11.1 Å². The molecule has 3 rings (SSSR count). The third kappa shape index (κ3) is 4.45. The Labute approximate surface area is 159 Å². The number of anilines is 1. The first-order valence-corrected chi connectivity index (χ1v) is 8.54. The number of nitrogens with zero attached hydrogens (tertiary/aromatic N) is 1. The van der Waals surface area contributed by atoms with Crippen molar-refractivity contribution in [1.82, 2.24) is 4.98 Å². The maximum absolute atomic E-state index is 13.7. The molecule has 28 heavy (non-hydrogen) atoms. The Kier molecular flexibility index (Phi) is 5.32. The predicted molar refractivity (Wildman–Crippen MR) is 92.7 cm³/mol. The lowest BCUT2D eigenvalue weighted by Crippen LogP contribution is -2.12. The van der Waals surface area contributed by atoms with E-state index in [9.17, 15) is 26.7 Å². The third-order valence-corrected chi connectivity index (χ3v) is 4.42. The molecule has 0 radical (unpaired) electrons. The summed E-state index contributed by atoms with van der Waals surface area (Å²) in [5.41, 5.74) is -1.18. The number of alkyl halides is 3. The van der Waals surface area contributed by atoms with Crippen LogP contribution in [-0.2, 0) is 6.18 Å². The largest absolute Gasteiger partial charge is 0.437 e. The fourth-order valence-corrected chi connectivity index (χ4v) is 2.98. The molecule has 4 nitrogen and oxygen atoms in total. The second-order valence-corrected chi connectivity index (χ2v) is 6.78. The molecule has 0 fully saturated rings. The molecular formula is C18H11F5N2O2S. The Bertz CT molecular complexity index is 1030. The molecule has 0 saturated carbocycles. The summed E-state index contributed by atoms with van der Waals surface area (Å²) < 4.78 is 70.6. The predicted octanol–water partition coefficient (Wildman–Crippen LogP) is 5.79.